The SMILES string of the molecule is CC(C)SCC(=O)N(CCO)C1CCCC1. The number of aliphatic hydroxyl groups is 1. The number of rotatable bonds is 6. The van der Waals surface area contributed by atoms with Gasteiger partial charge in [0.25, 0.3) is 0 Å². The number of carbonyl (C=O) groups excluding carboxylic acids is 1. The van der Waals surface area contributed by atoms with Crippen molar-refractivity contribution in [2.45, 2.75) is 50.8 Å². The van der Waals surface area contributed by atoms with Crippen LogP contribution in [0.15, 0.2) is 0 Å². The van der Waals surface area contributed by atoms with Crippen LogP contribution in [-0.4, -0.2) is 46.1 Å². The zero-order valence-electron chi connectivity index (χ0n) is 10.3. The predicted molar refractivity (Wildman–Crippen MR) is 68.6 cm³/mol. The van der Waals surface area contributed by atoms with Crippen molar-refractivity contribution in [1.82, 2.24) is 4.90 Å². The van der Waals surface area contributed by atoms with Crippen molar-refractivity contribution < 1.29 is 9.90 Å². The zero-order valence-corrected chi connectivity index (χ0v) is 11.1. The maximum absolute atomic E-state index is 12.0. The van der Waals surface area contributed by atoms with E-state index in [1.165, 1.54) is 12.8 Å². The molecule has 1 saturated carbocycles. The maximum atomic E-state index is 12.0. The van der Waals surface area contributed by atoms with E-state index < -0.39 is 0 Å². The molecule has 1 aliphatic carbocycles. The van der Waals surface area contributed by atoms with Crippen LogP contribution in [0.1, 0.15) is 39.5 Å². The summed E-state index contributed by atoms with van der Waals surface area (Å²) in [5, 5.41) is 9.51. The fraction of sp³-hybridized carbons (Fsp3) is 0.917. The number of amides is 1. The summed E-state index contributed by atoms with van der Waals surface area (Å²) in [5.74, 6) is 0.744. The Hall–Kier alpha value is -0.220. The number of thioether (sulfide) groups is 1. The number of nitrogens with zero attached hydrogens (tertiary/aromatic N) is 1. The van der Waals surface area contributed by atoms with Gasteiger partial charge in [0.2, 0.25) is 5.91 Å². The lowest BCUT2D eigenvalue weighted by molar-refractivity contribution is -0.131. The highest BCUT2D eigenvalue weighted by molar-refractivity contribution is 8.00. The van der Waals surface area contributed by atoms with Crippen LogP contribution in [0.5, 0.6) is 0 Å². The van der Waals surface area contributed by atoms with Crippen LogP contribution >= 0.6 is 11.8 Å². The molecular formula is C12H23NO2S. The van der Waals surface area contributed by atoms with Gasteiger partial charge in [-0.1, -0.05) is 26.7 Å². The molecule has 0 aliphatic heterocycles. The Labute approximate surface area is 103 Å². The summed E-state index contributed by atoms with van der Waals surface area (Å²) in [6.45, 7) is 4.78. The van der Waals surface area contributed by atoms with Crippen LogP contribution in [0.4, 0.5) is 0 Å². The molecule has 0 heterocycles. The third kappa shape index (κ3) is 4.34. The van der Waals surface area contributed by atoms with Crippen LogP contribution in [0.3, 0.4) is 0 Å². The molecule has 1 rings (SSSR count). The highest BCUT2D eigenvalue weighted by Crippen LogP contribution is 2.24. The van der Waals surface area contributed by atoms with Gasteiger partial charge in [-0.2, -0.15) is 0 Å². The quantitative estimate of drug-likeness (QED) is 0.777. The summed E-state index contributed by atoms with van der Waals surface area (Å²) in [6.07, 6.45) is 4.66. The van der Waals surface area contributed by atoms with Gasteiger partial charge in [-0.25, -0.2) is 0 Å². The average Bonchev–Trinajstić information content (AvgIpc) is 2.75. The van der Waals surface area contributed by atoms with E-state index in [1.54, 1.807) is 11.8 Å². The van der Waals surface area contributed by atoms with Crippen molar-refractivity contribution in [3.05, 3.63) is 0 Å². The predicted octanol–water partition coefficient (Wildman–Crippen LogP) is 1.89. The second-order valence-corrected chi connectivity index (χ2v) is 6.17. The molecule has 0 saturated heterocycles. The van der Waals surface area contributed by atoms with Crippen molar-refractivity contribution in [3.8, 4) is 0 Å². The Morgan fingerprint density at radius 3 is 2.56 bits per heavy atom. The van der Waals surface area contributed by atoms with Gasteiger partial charge in [0.15, 0.2) is 0 Å². The van der Waals surface area contributed by atoms with Crippen molar-refractivity contribution in [2.24, 2.45) is 0 Å². The summed E-state index contributed by atoms with van der Waals surface area (Å²) < 4.78 is 0. The minimum atomic E-state index is 0.0780. The third-order valence-corrected chi connectivity index (χ3v) is 4.05. The molecule has 0 atom stereocenters. The maximum Gasteiger partial charge on any atom is 0.232 e. The van der Waals surface area contributed by atoms with Crippen molar-refractivity contribution in [3.63, 3.8) is 0 Å². The summed E-state index contributed by atoms with van der Waals surface area (Å²) >= 11 is 1.68. The molecule has 0 spiro atoms. The van der Waals surface area contributed by atoms with E-state index in [-0.39, 0.29) is 12.5 Å². The minimum absolute atomic E-state index is 0.0780. The topological polar surface area (TPSA) is 40.5 Å². The lowest BCUT2D eigenvalue weighted by Gasteiger charge is -2.28. The van der Waals surface area contributed by atoms with Gasteiger partial charge in [0.1, 0.15) is 0 Å². The number of hydrogen-bond acceptors (Lipinski definition) is 3. The normalized spacial score (nSPS) is 17.0. The summed E-state index contributed by atoms with van der Waals surface area (Å²) in [7, 11) is 0. The first kappa shape index (κ1) is 13.8. The zero-order chi connectivity index (χ0) is 12.0. The lowest BCUT2D eigenvalue weighted by atomic mass is 10.2. The molecule has 0 radical (unpaired) electrons. The molecule has 0 unspecified atom stereocenters. The average molecular weight is 245 g/mol. The van der Waals surface area contributed by atoms with E-state index in [0.29, 0.717) is 23.6 Å². The van der Waals surface area contributed by atoms with Gasteiger partial charge in [0.05, 0.1) is 12.4 Å². The Kier molecular flexibility index (Phi) is 6.21. The molecule has 1 fully saturated rings. The fourth-order valence-corrected chi connectivity index (χ4v) is 2.80. The van der Waals surface area contributed by atoms with Gasteiger partial charge >= 0.3 is 0 Å². The van der Waals surface area contributed by atoms with Gasteiger partial charge < -0.3 is 10.0 Å². The number of carbonyl (C=O) groups is 1. The fourth-order valence-electron chi connectivity index (χ4n) is 2.16. The van der Waals surface area contributed by atoms with E-state index in [2.05, 4.69) is 13.8 Å². The molecule has 0 bridgehead atoms. The van der Waals surface area contributed by atoms with E-state index in [9.17, 15) is 4.79 Å². The third-order valence-electron chi connectivity index (χ3n) is 2.97. The number of hydrogen-bond donors (Lipinski definition) is 1. The van der Waals surface area contributed by atoms with Crippen molar-refractivity contribution in [2.75, 3.05) is 18.9 Å². The molecule has 1 N–H and O–H groups in total. The first-order chi connectivity index (χ1) is 7.65. The molecule has 94 valence electrons. The monoisotopic (exact) mass is 245 g/mol. The van der Waals surface area contributed by atoms with Crippen LogP contribution in [-0.2, 0) is 4.79 Å². The van der Waals surface area contributed by atoms with E-state index in [4.69, 9.17) is 5.11 Å². The Bertz CT molecular complexity index is 215. The van der Waals surface area contributed by atoms with Gasteiger partial charge in [-0.15, -0.1) is 11.8 Å². The molecule has 0 aromatic rings. The van der Waals surface area contributed by atoms with Crippen molar-refractivity contribution in [1.29, 1.82) is 0 Å². The smallest absolute Gasteiger partial charge is 0.232 e. The molecule has 16 heavy (non-hydrogen) atoms. The highest BCUT2D eigenvalue weighted by Gasteiger charge is 2.25. The van der Waals surface area contributed by atoms with E-state index in [0.717, 1.165) is 12.8 Å². The first-order valence-electron chi connectivity index (χ1n) is 6.17. The molecule has 1 aliphatic rings. The van der Waals surface area contributed by atoms with E-state index >= 15 is 0 Å². The Morgan fingerprint density at radius 2 is 2.06 bits per heavy atom. The largest absolute Gasteiger partial charge is 0.395 e. The second-order valence-electron chi connectivity index (χ2n) is 4.61. The van der Waals surface area contributed by atoms with Crippen LogP contribution < -0.4 is 0 Å². The van der Waals surface area contributed by atoms with Crippen molar-refractivity contribution >= 4 is 17.7 Å². The molecule has 3 nitrogen and oxygen atoms in total. The molecule has 0 aromatic carbocycles. The van der Waals surface area contributed by atoms with Crippen LogP contribution in [0.2, 0.25) is 0 Å². The summed E-state index contributed by atoms with van der Waals surface area (Å²) in [5.41, 5.74) is 0. The second kappa shape index (κ2) is 7.17. The molecule has 4 heteroatoms. The minimum Gasteiger partial charge on any atom is -0.395 e. The summed E-state index contributed by atoms with van der Waals surface area (Å²) in [6, 6.07) is 0.382. The van der Waals surface area contributed by atoms with Gasteiger partial charge in [-0.3, -0.25) is 4.79 Å². The molecule has 0 aromatic heterocycles. The molecular weight excluding hydrogens is 222 g/mol. The van der Waals surface area contributed by atoms with Gasteiger partial charge in [0, 0.05) is 12.6 Å². The van der Waals surface area contributed by atoms with E-state index in [1.807, 2.05) is 4.90 Å². The van der Waals surface area contributed by atoms with Crippen LogP contribution in [0, 0.1) is 0 Å². The Balaban J connectivity index is 2.44. The van der Waals surface area contributed by atoms with Gasteiger partial charge in [-0.05, 0) is 18.1 Å². The summed E-state index contributed by atoms with van der Waals surface area (Å²) in [4.78, 5) is 13.9. The first-order valence-corrected chi connectivity index (χ1v) is 7.22. The Morgan fingerprint density at radius 1 is 1.44 bits per heavy atom. The highest BCUT2D eigenvalue weighted by atomic mass is 32.2. The molecule has 1 amide bonds. The standard InChI is InChI=1S/C12H23NO2S/c1-10(2)16-9-12(15)13(7-8-14)11-5-3-4-6-11/h10-11,14H,3-9H2,1-2H3. The lowest BCUT2D eigenvalue weighted by Crippen LogP contribution is -2.41. The number of aliphatic hydroxyl groups excluding tert-OH is 1. The van der Waals surface area contributed by atoms with Crippen LogP contribution in [0.25, 0.3) is 0 Å².